The SMILES string of the molecule is CNC1CCCc2cn(Cc3nc(C4CC4)no3)cc21. The van der Waals surface area contributed by atoms with Crippen molar-refractivity contribution in [2.75, 3.05) is 7.05 Å². The van der Waals surface area contributed by atoms with Gasteiger partial charge in [0.15, 0.2) is 5.82 Å². The molecule has 0 radical (unpaired) electrons. The fourth-order valence-electron chi connectivity index (χ4n) is 3.14. The van der Waals surface area contributed by atoms with Crippen LogP contribution in [-0.4, -0.2) is 21.8 Å². The number of rotatable bonds is 4. The van der Waals surface area contributed by atoms with Gasteiger partial charge in [-0.05, 0) is 50.3 Å². The molecule has 0 bridgehead atoms. The van der Waals surface area contributed by atoms with Gasteiger partial charge in [-0.15, -0.1) is 0 Å². The molecule has 0 aromatic carbocycles. The van der Waals surface area contributed by atoms with Crippen LogP contribution in [0.15, 0.2) is 16.9 Å². The van der Waals surface area contributed by atoms with Crippen LogP contribution in [0, 0.1) is 0 Å². The summed E-state index contributed by atoms with van der Waals surface area (Å²) < 4.78 is 7.54. The predicted molar refractivity (Wildman–Crippen MR) is 74.5 cm³/mol. The first-order valence-electron chi connectivity index (χ1n) is 7.52. The van der Waals surface area contributed by atoms with Crippen molar-refractivity contribution in [3.8, 4) is 0 Å². The molecule has 2 aliphatic rings. The summed E-state index contributed by atoms with van der Waals surface area (Å²) in [5.74, 6) is 2.17. The third-order valence-corrected chi connectivity index (χ3v) is 4.40. The molecule has 1 atom stereocenters. The van der Waals surface area contributed by atoms with E-state index in [0.717, 1.165) is 11.7 Å². The van der Waals surface area contributed by atoms with E-state index >= 15 is 0 Å². The lowest BCUT2D eigenvalue weighted by Crippen LogP contribution is -2.20. The number of nitrogens with zero attached hydrogens (tertiary/aromatic N) is 3. The van der Waals surface area contributed by atoms with Crippen LogP contribution in [0.3, 0.4) is 0 Å². The highest BCUT2D eigenvalue weighted by Crippen LogP contribution is 2.38. The molecule has 0 saturated heterocycles. The van der Waals surface area contributed by atoms with Crippen LogP contribution < -0.4 is 5.32 Å². The normalized spacial score (nSPS) is 21.9. The number of hydrogen-bond donors (Lipinski definition) is 1. The zero-order valence-corrected chi connectivity index (χ0v) is 11.8. The van der Waals surface area contributed by atoms with Gasteiger partial charge in [0, 0.05) is 24.4 Å². The maximum absolute atomic E-state index is 5.36. The van der Waals surface area contributed by atoms with Gasteiger partial charge >= 0.3 is 0 Å². The molecule has 0 spiro atoms. The summed E-state index contributed by atoms with van der Waals surface area (Å²) in [6.07, 6.45) is 10.5. The molecule has 1 N–H and O–H groups in total. The molecular weight excluding hydrogens is 252 g/mol. The van der Waals surface area contributed by atoms with E-state index in [-0.39, 0.29) is 0 Å². The minimum Gasteiger partial charge on any atom is -0.344 e. The van der Waals surface area contributed by atoms with Crippen molar-refractivity contribution >= 4 is 0 Å². The van der Waals surface area contributed by atoms with Gasteiger partial charge in [0.25, 0.3) is 0 Å². The third-order valence-electron chi connectivity index (χ3n) is 4.40. The summed E-state index contributed by atoms with van der Waals surface area (Å²) in [5.41, 5.74) is 2.89. The van der Waals surface area contributed by atoms with E-state index in [1.165, 1.54) is 43.2 Å². The smallest absolute Gasteiger partial charge is 0.246 e. The number of hydrogen-bond acceptors (Lipinski definition) is 4. The maximum Gasteiger partial charge on any atom is 0.246 e. The van der Waals surface area contributed by atoms with Crippen molar-refractivity contribution < 1.29 is 4.52 Å². The van der Waals surface area contributed by atoms with E-state index < -0.39 is 0 Å². The van der Waals surface area contributed by atoms with Gasteiger partial charge in [0.2, 0.25) is 5.89 Å². The average Bonchev–Trinajstić information content (AvgIpc) is 3.07. The molecule has 20 heavy (non-hydrogen) atoms. The van der Waals surface area contributed by atoms with Crippen LogP contribution in [0.5, 0.6) is 0 Å². The number of nitrogens with one attached hydrogen (secondary N) is 1. The predicted octanol–water partition coefficient (Wildman–Crippen LogP) is 2.39. The second kappa shape index (κ2) is 4.74. The summed E-state index contributed by atoms with van der Waals surface area (Å²) in [6.45, 7) is 0.684. The molecule has 5 nitrogen and oxygen atoms in total. The number of aryl methyl sites for hydroxylation is 1. The van der Waals surface area contributed by atoms with E-state index in [9.17, 15) is 0 Å². The fraction of sp³-hybridized carbons (Fsp3) is 0.600. The minimum absolute atomic E-state index is 0.490. The average molecular weight is 272 g/mol. The summed E-state index contributed by atoms with van der Waals surface area (Å²) in [6, 6.07) is 0.490. The van der Waals surface area contributed by atoms with Gasteiger partial charge in [-0.1, -0.05) is 5.16 Å². The lowest BCUT2D eigenvalue weighted by Gasteiger charge is -2.21. The zero-order chi connectivity index (χ0) is 13.5. The van der Waals surface area contributed by atoms with E-state index in [2.05, 4.69) is 32.4 Å². The van der Waals surface area contributed by atoms with Crippen LogP contribution in [0.4, 0.5) is 0 Å². The first-order chi connectivity index (χ1) is 9.83. The fourth-order valence-corrected chi connectivity index (χ4v) is 3.14. The Balaban J connectivity index is 1.54. The molecular formula is C15H20N4O. The van der Waals surface area contributed by atoms with Crippen molar-refractivity contribution in [3.05, 3.63) is 35.2 Å². The van der Waals surface area contributed by atoms with Gasteiger partial charge in [-0.25, -0.2) is 0 Å². The number of fused-ring (bicyclic) bond motifs is 1. The molecule has 0 amide bonds. The quantitative estimate of drug-likeness (QED) is 0.928. The summed E-state index contributed by atoms with van der Waals surface area (Å²) in [7, 11) is 2.04. The largest absolute Gasteiger partial charge is 0.344 e. The van der Waals surface area contributed by atoms with Crippen LogP contribution in [0.25, 0.3) is 0 Å². The van der Waals surface area contributed by atoms with Crippen molar-refractivity contribution in [2.45, 2.75) is 50.6 Å². The number of aromatic nitrogens is 3. The Kier molecular flexibility index (Phi) is 2.88. The maximum atomic E-state index is 5.36. The molecule has 1 saturated carbocycles. The molecule has 2 aromatic heterocycles. The lowest BCUT2D eigenvalue weighted by atomic mass is 9.91. The van der Waals surface area contributed by atoms with Crippen LogP contribution in [0.1, 0.15) is 60.5 Å². The molecule has 106 valence electrons. The van der Waals surface area contributed by atoms with E-state index in [1.807, 2.05) is 7.05 Å². The van der Waals surface area contributed by atoms with Gasteiger partial charge in [-0.3, -0.25) is 0 Å². The van der Waals surface area contributed by atoms with Crippen molar-refractivity contribution in [2.24, 2.45) is 0 Å². The lowest BCUT2D eigenvalue weighted by molar-refractivity contribution is 0.366. The standard InChI is InChI=1S/C15H20N4O/c1-16-13-4-2-3-11-7-19(8-12(11)13)9-14-17-15(18-20-14)10-5-6-10/h7-8,10,13,16H,2-6,9H2,1H3. The Morgan fingerprint density at radius 3 is 3.05 bits per heavy atom. The zero-order valence-electron chi connectivity index (χ0n) is 11.8. The molecule has 0 aliphatic heterocycles. The van der Waals surface area contributed by atoms with Gasteiger partial charge in [-0.2, -0.15) is 4.98 Å². The van der Waals surface area contributed by atoms with Crippen LogP contribution in [-0.2, 0) is 13.0 Å². The summed E-state index contributed by atoms with van der Waals surface area (Å²) >= 11 is 0. The highest BCUT2D eigenvalue weighted by Gasteiger charge is 2.29. The highest BCUT2D eigenvalue weighted by atomic mass is 16.5. The monoisotopic (exact) mass is 272 g/mol. The van der Waals surface area contributed by atoms with Crippen molar-refractivity contribution in [3.63, 3.8) is 0 Å². The topological polar surface area (TPSA) is 55.9 Å². The van der Waals surface area contributed by atoms with Crippen molar-refractivity contribution in [1.29, 1.82) is 0 Å². The molecule has 2 aliphatic carbocycles. The van der Waals surface area contributed by atoms with Crippen LogP contribution in [0.2, 0.25) is 0 Å². The second-order valence-electron chi connectivity index (χ2n) is 5.97. The molecule has 1 unspecified atom stereocenters. The molecule has 2 aromatic rings. The van der Waals surface area contributed by atoms with Gasteiger partial charge < -0.3 is 14.4 Å². The Hall–Kier alpha value is -1.62. The molecule has 1 fully saturated rings. The molecule has 2 heterocycles. The van der Waals surface area contributed by atoms with E-state index in [1.54, 1.807) is 0 Å². The highest BCUT2D eigenvalue weighted by molar-refractivity contribution is 5.30. The Bertz CT molecular complexity index is 611. The first-order valence-corrected chi connectivity index (χ1v) is 7.52. The molecule has 4 rings (SSSR count). The first kappa shape index (κ1) is 12.1. The Labute approximate surface area is 118 Å². The second-order valence-corrected chi connectivity index (χ2v) is 5.97. The Morgan fingerprint density at radius 2 is 2.25 bits per heavy atom. The van der Waals surface area contributed by atoms with Gasteiger partial charge in [0.1, 0.15) is 6.54 Å². The summed E-state index contributed by atoms with van der Waals surface area (Å²) in [5, 5.41) is 7.48. The third kappa shape index (κ3) is 2.16. The van der Waals surface area contributed by atoms with Crippen LogP contribution >= 0.6 is 0 Å². The minimum atomic E-state index is 0.490. The molecule has 5 heteroatoms. The van der Waals surface area contributed by atoms with E-state index in [0.29, 0.717) is 18.5 Å². The van der Waals surface area contributed by atoms with Crippen molar-refractivity contribution in [1.82, 2.24) is 20.0 Å². The Morgan fingerprint density at radius 1 is 1.35 bits per heavy atom. The van der Waals surface area contributed by atoms with Gasteiger partial charge in [0.05, 0.1) is 0 Å². The van der Waals surface area contributed by atoms with E-state index in [4.69, 9.17) is 4.52 Å². The summed E-state index contributed by atoms with van der Waals surface area (Å²) in [4.78, 5) is 4.50.